The summed E-state index contributed by atoms with van der Waals surface area (Å²) in [6.45, 7) is 4.90. The van der Waals surface area contributed by atoms with Crippen molar-refractivity contribution in [2.45, 2.75) is 38.8 Å². The van der Waals surface area contributed by atoms with Gasteiger partial charge in [0.2, 0.25) is 5.91 Å². The normalized spacial score (nSPS) is 19.2. The molecule has 2 aromatic rings. The number of halogens is 1. The van der Waals surface area contributed by atoms with Crippen LogP contribution in [0, 0.1) is 12.8 Å². The van der Waals surface area contributed by atoms with Crippen LogP contribution < -0.4 is 5.73 Å². The molecule has 0 bridgehead atoms. The number of rotatable bonds is 4. The Morgan fingerprint density at radius 3 is 2.44 bits per heavy atom. The lowest BCUT2D eigenvalue weighted by Crippen LogP contribution is -2.39. The third-order valence-electron chi connectivity index (χ3n) is 5.20. The summed E-state index contributed by atoms with van der Waals surface area (Å²) >= 11 is 0. The highest BCUT2D eigenvalue weighted by atomic mass is 35.5. The Kier molecular flexibility index (Phi) is 6.63. The average molecular weight is 359 g/mol. The molecule has 0 radical (unpaired) electrons. The van der Waals surface area contributed by atoms with Gasteiger partial charge in [-0.15, -0.1) is 12.4 Å². The van der Waals surface area contributed by atoms with Gasteiger partial charge in [0.05, 0.1) is 12.0 Å². The first-order chi connectivity index (χ1) is 11.6. The van der Waals surface area contributed by atoms with Crippen LogP contribution in [0.5, 0.6) is 0 Å². The van der Waals surface area contributed by atoms with E-state index in [4.69, 9.17) is 5.73 Å². The number of hydrogen-bond donors (Lipinski definition) is 1. The lowest BCUT2D eigenvalue weighted by atomic mass is 9.93. The Morgan fingerprint density at radius 2 is 1.76 bits per heavy atom. The van der Waals surface area contributed by atoms with Crippen molar-refractivity contribution in [1.29, 1.82) is 0 Å². The molecule has 1 heterocycles. The van der Waals surface area contributed by atoms with Gasteiger partial charge in [0, 0.05) is 12.6 Å². The van der Waals surface area contributed by atoms with Crippen LogP contribution >= 0.6 is 12.4 Å². The highest BCUT2D eigenvalue weighted by molar-refractivity contribution is 5.85. The van der Waals surface area contributed by atoms with E-state index in [0.717, 1.165) is 24.9 Å². The van der Waals surface area contributed by atoms with Crippen LogP contribution in [0.3, 0.4) is 0 Å². The molecule has 0 spiro atoms. The molecular formula is C21H27ClN2O. The first-order valence-electron chi connectivity index (χ1n) is 8.76. The summed E-state index contributed by atoms with van der Waals surface area (Å²) in [7, 11) is 0. The molecule has 1 amide bonds. The Morgan fingerprint density at radius 1 is 1.12 bits per heavy atom. The molecule has 3 atom stereocenters. The van der Waals surface area contributed by atoms with Crippen LogP contribution in [0.4, 0.5) is 0 Å². The molecule has 25 heavy (non-hydrogen) atoms. The predicted molar refractivity (Wildman–Crippen MR) is 105 cm³/mol. The van der Waals surface area contributed by atoms with Crippen molar-refractivity contribution in [2.75, 3.05) is 6.54 Å². The third kappa shape index (κ3) is 4.05. The molecule has 3 unspecified atom stereocenters. The van der Waals surface area contributed by atoms with Gasteiger partial charge in [0.1, 0.15) is 0 Å². The Labute approximate surface area is 156 Å². The van der Waals surface area contributed by atoms with Gasteiger partial charge in [-0.3, -0.25) is 4.79 Å². The van der Waals surface area contributed by atoms with E-state index in [1.165, 1.54) is 11.1 Å². The van der Waals surface area contributed by atoms with E-state index in [2.05, 4.69) is 25.1 Å². The van der Waals surface area contributed by atoms with E-state index >= 15 is 0 Å². The summed E-state index contributed by atoms with van der Waals surface area (Å²) < 4.78 is 0. The number of carbonyl (C=O) groups is 1. The molecule has 3 nitrogen and oxygen atoms in total. The van der Waals surface area contributed by atoms with Crippen molar-refractivity contribution in [3.63, 3.8) is 0 Å². The number of aryl methyl sites for hydroxylation is 1. The van der Waals surface area contributed by atoms with Crippen LogP contribution in [0.25, 0.3) is 0 Å². The lowest BCUT2D eigenvalue weighted by Gasteiger charge is -2.31. The number of carbonyl (C=O) groups excluding carboxylic acids is 1. The zero-order valence-corrected chi connectivity index (χ0v) is 15.7. The first-order valence-corrected chi connectivity index (χ1v) is 8.76. The molecule has 2 N–H and O–H groups in total. The summed E-state index contributed by atoms with van der Waals surface area (Å²) in [6, 6.07) is 18.2. The molecule has 0 aliphatic carbocycles. The van der Waals surface area contributed by atoms with E-state index in [0.29, 0.717) is 0 Å². The zero-order chi connectivity index (χ0) is 17.1. The monoisotopic (exact) mass is 358 g/mol. The van der Waals surface area contributed by atoms with Crippen LogP contribution in [-0.4, -0.2) is 17.4 Å². The van der Waals surface area contributed by atoms with Crippen molar-refractivity contribution < 1.29 is 4.79 Å². The number of amides is 1. The summed E-state index contributed by atoms with van der Waals surface area (Å²) in [5.74, 6) is -0.0610. The fraction of sp³-hybridized carbons (Fsp3) is 0.381. The van der Waals surface area contributed by atoms with Crippen LogP contribution in [0.1, 0.15) is 48.5 Å². The first kappa shape index (κ1) is 19.5. The molecule has 1 aliphatic rings. The van der Waals surface area contributed by atoms with Gasteiger partial charge in [-0.05, 0) is 36.5 Å². The van der Waals surface area contributed by atoms with Gasteiger partial charge in [-0.2, -0.15) is 0 Å². The maximum absolute atomic E-state index is 13.1. The Hall–Kier alpha value is -1.84. The summed E-state index contributed by atoms with van der Waals surface area (Å²) in [5, 5.41) is 0. The van der Waals surface area contributed by atoms with Crippen LogP contribution in [0.2, 0.25) is 0 Å². The Balaban J connectivity index is 0.00000225. The van der Waals surface area contributed by atoms with Crippen LogP contribution in [0.15, 0.2) is 54.6 Å². The molecule has 4 heteroatoms. The molecule has 1 saturated heterocycles. The minimum atomic E-state index is -0.267. The minimum Gasteiger partial charge on any atom is -0.335 e. The van der Waals surface area contributed by atoms with Crippen molar-refractivity contribution >= 4 is 18.3 Å². The van der Waals surface area contributed by atoms with Crippen molar-refractivity contribution in [3.05, 3.63) is 71.3 Å². The molecule has 2 aromatic carbocycles. The maximum atomic E-state index is 13.1. The number of benzene rings is 2. The average Bonchev–Trinajstić information content (AvgIpc) is 3.10. The van der Waals surface area contributed by atoms with Gasteiger partial charge >= 0.3 is 0 Å². The molecule has 1 aliphatic heterocycles. The molecule has 134 valence electrons. The quantitative estimate of drug-likeness (QED) is 0.879. The Bertz CT molecular complexity index is 704. The van der Waals surface area contributed by atoms with Gasteiger partial charge in [0.15, 0.2) is 0 Å². The SMILES string of the molecule is Cc1ccccc1C1CCCN1C(=O)C(C)C(N)c1ccccc1.Cl. The number of likely N-dealkylation sites (tertiary alicyclic amines) is 1. The van der Waals surface area contributed by atoms with E-state index in [9.17, 15) is 4.79 Å². The zero-order valence-electron chi connectivity index (χ0n) is 14.9. The van der Waals surface area contributed by atoms with E-state index < -0.39 is 0 Å². The fourth-order valence-corrected chi connectivity index (χ4v) is 3.69. The second kappa shape index (κ2) is 8.50. The fourth-order valence-electron chi connectivity index (χ4n) is 3.69. The summed E-state index contributed by atoms with van der Waals surface area (Å²) in [6.07, 6.45) is 2.09. The maximum Gasteiger partial charge on any atom is 0.227 e. The van der Waals surface area contributed by atoms with Crippen LogP contribution in [-0.2, 0) is 4.79 Å². The smallest absolute Gasteiger partial charge is 0.227 e. The highest BCUT2D eigenvalue weighted by Gasteiger charge is 2.35. The lowest BCUT2D eigenvalue weighted by molar-refractivity contribution is -0.136. The minimum absolute atomic E-state index is 0. The van der Waals surface area contributed by atoms with Crippen molar-refractivity contribution in [3.8, 4) is 0 Å². The standard InChI is InChI=1S/C21H26N2O.ClH/c1-15-9-6-7-12-18(15)19-13-8-14-23(19)21(24)16(2)20(22)17-10-4-3-5-11-17;/h3-7,9-12,16,19-20H,8,13-14,22H2,1-2H3;1H. The van der Waals surface area contributed by atoms with Gasteiger partial charge in [0.25, 0.3) is 0 Å². The van der Waals surface area contributed by atoms with Gasteiger partial charge in [-0.25, -0.2) is 0 Å². The van der Waals surface area contributed by atoms with Gasteiger partial charge in [-0.1, -0.05) is 61.5 Å². The number of hydrogen-bond acceptors (Lipinski definition) is 2. The van der Waals surface area contributed by atoms with E-state index in [1.807, 2.05) is 48.2 Å². The van der Waals surface area contributed by atoms with Crippen molar-refractivity contribution in [2.24, 2.45) is 11.7 Å². The summed E-state index contributed by atoms with van der Waals surface area (Å²) in [4.78, 5) is 15.1. The second-order valence-corrected chi connectivity index (χ2v) is 6.77. The van der Waals surface area contributed by atoms with Crippen molar-refractivity contribution in [1.82, 2.24) is 4.90 Å². The largest absolute Gasteiger partial charge is 0.335 e. The molecular weight excluding hydrogens is 332 g/mol. The van der Waals surface area contributed by atoms with E-state index in [-0.39, 0.29) is 36.3 Å². The topological polar surface area (TPSA) is 46.3 Å². The number of nitrogens with two attached hydrogens (primary N) is 1. The number of nitrogens with zero attached hydrogens (tertiary/aromatic N) is 1. The summed E-state index contributed by atoms with van der Waals surface area (Å²) in [5.41, 5.74) is 9.91. The molecule has 0 saturated carbocycles. The second-order valence-electron chi connectivity index (χ2n) is 6.77. The molecule has 1 fully saturated rings. The predicted octanol–water partition coefficient (Wildman–Crippen LogP) is 4.42. The molecule has 3 rings (SSSR count). The highest BCUT2D eigenvalue weighted by Crippen LogP contribution is 2.35. The van der Waals surface area contributed by atoms with Gasteiger partial charge < -0.3 is 10.6 Å². The third-order valence-corrected chi connectivity index (χ3v) is 5.20. The van der Waals surface area contributed by atoms with E-state index in [1.54, 1.807) is 0 Å². The molecule has 0 aromatic heterocycles.